The van der Waals surface area contributed by atoms with Crippen LogP contribution in [0.3, 0.4) is 0 Å². The summed E-state index contributed by atoms with van der Waals surface area (Å²) in [6, 6.07) is 6.60. The molecule has 1 N–H and O–H groups in total. The molecule has 2 atom stereocenters. The molecule has 18 heavy (non-hydrogen) atoms. The van der Waals surface area contributed by atoms with E-state index < -0.39 is 0 Å². The van der Waals surface area contributed by atoms with Gasteiger partial charge in [0.1, 0.15) is 5.75 Å². The normalized spacial score (nSPS) is 14.6. The molecule has 0 saturated carbocycles. The smallest absolute Gasteiger partial charge is 0.120 e. The van der Waals surface area contributed by atoms with Crippen LogP contribution in [0.4, 0.5) is 0 Å². The van der Waals surface area contributed by atoms with Crippen LogP contribution in [-0.2, 0) is 0 Å². The van der Waals surface area contributed by atoms with Gasteiger partial charge >= 0.3 is 0 Å². The maximum absolute atomic E-state index is 5.51. The van der Waals surface area contributed by atoms with E-state index in [1.54, 1.807) is 0 Å². The van der Waals surface area contributed by atoms with Gasteiger partial charge in [-0.15, -0.1) is 0 Å². The van der Waals surface area contributed by atoms with Crippen LogP contribution in [0.2, 0.25) is 0 Å². The van der Waals surface area contributed by atoms with Gasteiger partial charge in [0.25, 0.3) is 0 Å². The SMILES string of the molecule is CCOc1ccc(C(NC)C(C)C(C)C)c(Br)c1. The zero-order chi connectivity index (χ0) is 13.7. The summed E-state index contributed by atoms with van der Waals surface area (Å²) >= 11 is 3.66. The molecule has 3 heteroatoms. The van der Waals surface area contributed by atoms with Gasteiger partial charge in [-0.2, -0.15) is 0 Å². The van der Waals surface area contributed by atoms with E-state index in [4.69, 9.17) is 4.74 Å². The molecule has 0 heterocycles. The summed E-state index contributed by atoms with van der Waals surface area (Å²) in [5, 5.41) is 3.42. The Bertz CT molecular complexity index is 379. The quantitative estimate of drug-likeness (QED) is 0.840. The van der Waals surface area contributed by atoms with Crippen LogP contribution in [0.25, 0.3) is 0 Å². The van der Waals surface area contributed by atoms with E-state index in [1.165, 1.54) is 5.56 Å². The first-order valence-corrected chi connectivity index (χ1v) is 7.40. The third-order valence-corrected chi connectivity index (χ3v) is 4.19. The molecule has 1 rings (SSSR count). The first-order valence-electron chi connectivity index (χ1n) is 6.60. The van der Waals surface area contributed by atoms with Gasteiger partial charge in [-0.3, -0.25) is 0 Å². The van der Waals surface area contributed by atoms with Gasteiger partial charge in [-0.25, -0.2) is 0 Å². The molecule has 0 aromatic heterocycles. The zero-order valence-electron chi connectivity index (χ0n) is 12.0. The maximum atomic E-state index is 5.51. The van der Waals surface area contributed by atoms with E-state index >= 15 is 0 Å². The second kappa shape index (κ2) is 7.15. The fraction of sp³-hybridized carbons (Fsp3) is 0.600. The van der Waals surface area contributed by atoms with Gasteiger partial charge in [0.05, 0.1) is 6.61 Å². The Balaban J connectivity index is 3.00. The van der Waals surface area contributed by atoms with Crippen molar-refractivity contribution in [2.45, 2.75) is 33.7 Å². The summed E-state index contributed by atoms with van der Waals surface area (Å²) in [5.74, 6) is 2.13. The summed E-state index contributed by atoms with van der Waals surface area (Å²) in [4.78, 5) is 0. The summed E-state index contributed by atoms with van der Waals surface area (Å²) < 4.78 is 6.62. The Kier molecular flexibility index (Phi) is 6.16. The first kappa shape index (κ1) is 15.5. The highest BCUT2D eigenvalue weighted by Crippen LogP contribution is 2.34. The van der Waals surface area contributed by atoms with Crippen molar-refractivity contribution in [3.8, 4) is 5.75 Å². The van der Waals surface area contributed by atoms with Crippen LogP contribution in [0.5, 0.6) is 5.75 Å². The Morgan fingerprint density at radius 2 is 1.94 bits per heavy atom. The van der Waals surface area contributed by atoms with Crippen molar-refractivity contribution < 1.29 is 4.74 Å². The molecule has 102 valence electrons. The largest absolute Gasteiger partial charge is 0.494 e. The van der Waals surface area contributed by atoms with Gasteiger partial charge in [0.15, 0.2) is 0 Å². The van der Waals surface area contributed by atoms with Crippen molar-refractivity contribution in [3.63, 3.8) is 0 Å². The number of nitrogens with one attached hydrogen (secondary N) is 1. The lowest BCUT2D eigenvalue weighted by atomic mass is 9.86. The molecule has 0 aliphatic heterocycles. The molecule has 0 aliphatic carbocycles. The fourth-order valence-corrected chi connectivity index (χ4v) is 2.71. The van der Waals surface area contributed by atoms with Crippen LogP contribution < -0.4 is 10.1 Å². The zero-order valence-corrected chi connectivity index (χ0v) is 13.5. The summed E-state index contributed by atoms with van der Waals surface area (Å²) in [6.45, 7) is 9.51. The topological polar surface area (TPSA) is 21.3 Å². The molecule has 2 unspecified atom stereocenters. The first-order chi connectivity index (χ1) is 8.51. The third-order valence-electron chi connectivity index (χ3n) is 3.51. The van der Waals surface area contributed by atoms with E-state index in [1.807, 2.05) is 20.0 Å². The molecule has 0 bridgehead atoms. The molecular weight excluding hydrogens is 290 g/mol. The number of benzene rings is 1. The Labute approximate surface area is 119 Å². The van der Waals surface area contributed by atoms with E-state index in [9.17, 15) is 0 Å². The average molecular weight is 314 g/mol. The molecule has 0 fully saturated rings. The van der Waals surface area contributed by atoms with Gasteiger partial charge < -0.3 is 10.1 Å². The molecule has 1 aromatic rings. The van der Waals surface area contributed by atoms with Crippen molar-refractivity contribution in [2.24, 2.45) is 11.8 Å². The molecule has 2 nitrogen and oxygen atoms in total. The highest BCUT2D eigenvalue weighted by molar-refractivity contribution is 9.10. The predicted octanol–water partition coefficient (Wildman–Crippen LogP) is 4.40. The standard InChI is InChI=1S/C15H24BrNO/c1-6-18-12-7-8-13(14(16)9-12)15(17-5)11(4)10(2)3/h7-11,15,17H,6H2,1-5H3. The molecule has 0 spiro atoms. The molecule has 1 aromatic carbocycles. The second-order valence-electron chi connectivity index (χ2n) is 4.99. The number of ether oxygens (including phenoxy) is 1. The van der Waals surface area contributed by atoms with Crippen molar-refractivity contribution in [2.75, 3.05) is 13.7 Å². The second-order valence-corrected chi connectivity index (χ2v) is 5.84. The lowest BCUT2D eigenvalue weighted by molar-refractivity contribution is 0.315. The Morgan fingerprint density at radius 1 is 1.28 bits per heavy atom. The summed E-state index contributed by atoms with van der Waals surface area (Å²) in [5.41, 5.74) is 1.29. The van der Waals surface area contributed by atoms with Crippen molar-refractivity contribution in [1.29, 1.82) is 0 Å². The lowest BCUT2D eigenvalue weighted by Gasteiger charge is -2.28. The van der Waals surface area contributed by atoms with Gasteiger partial charge in [0, 0.05) is 10.5 Å². The predicted molar refractivity (Wildman–Crippen MR) is 81.1 cm³/mol. The van der Waals surface area contributed by atoms with Crippen LogP contribution >= 0.6 is 15.9 Å². The van der Waals surface area contributed by atoms with Crippen LogP contribution in [0.1, 0.15) is 39.3 Å². The van der Waals surface area contributed by atoms with Crippen LogP contribution in [-0.4, -0.2) is 13.7 Å². The fourth-order valence-electron chi connectivity index (χ4n) is 2.10. The summed E-state index contributed by atoms with van der Waals surface area (Å²) in [6.07, 6.45) is 0. The average Bonchev–Trinajstić information content (AvgIpc) is 2.32. The molecular formula is C15H24BrNO. The van der Waals surface area contributed by atoms with Crippen molar-refractivity contribution in [1.82, 2.24) is 5.32 Å². The van der Waals surface area contributed by atoms with Crippen LogP contribution in [0, 0.1) is 11.8 Å². The Morgan fingerprint density at radius 3 is 2.39 bits per heavy atom. The number of halogens is 1. The number of rotatable bonds is 6. The van der Waals surface area contributed by atoms with Gasteiger partial charge in [-0.05, 0) is 43.5 Å². The van der Waals surface area contributed by atoms with Crippen molar-refractivity contribution in [3.05, 3.63) is 28.2 Å². The minimum Gasteiger partial charge on any atom is -0.494 e. The van der Waals surface area contributed by atoms with Crippen molar-refractivity contribution >= 4 is 15.9 Å². The van der Waals surface area contributed by atoms with E-state index in [0.717, 1.165) is 10.2 Å². The Hall–Kier alpha value is -0.540. The lowest BCUT2D eigenvalue weighted by Crippen LogP contribution is -2.27. The van der Waals surface area contributed by atoms with Gasteiger partial charge in [-0.1, -0.05) is 42.8 Å². The highest BCUT2D eigenvalue weighted by Gasteiger charge is 2.22. The van der Waals surface area contributed by atoms with E-state index in [-0.39, 0.29) is 0 Å². The van der Waals surface area contributed by atoms with E-state index in [2.05, 4.69) is 54.2 Å². The summed E-state index contributed by atoms with van der Waals surface area (Å²) in [7, 11) is 2.02. The highest BCUT2D eigenvalue weighted by atomic mass is 79.9. The van der Waals surface area contributed by atoms with Gasteiger partial charge in [0.2, 0.25) is 0 Å². The maximum Gasteiger partial charge on any atom is 0.120 e. The van der Waals surface area contributed by atoms with E-state index in [0.29, 0.717) is 24.5 Å². The minimum absolute atomic E-state index is 0.357. The molecule has 0 aliphatic rings. The molecule has 0 radical (unpaired) electrons. The third kappa shape index (κ3) is 3.72. The monoisotopic (exact) mass is 313 g/mol. The number of hydrogen-bond donors (Lipinski definition) is 1. The number of hydrogen-bond acceptors (Lipinski definition) is 2. The minimum atomic E-state index is 0.357. The molecule has 0 amide bonds. The molecule has 0 saturated heterocycles. The van der Waals surface area contributed by atoms with Crippen LogP contribution in [0.15, 0.2) is 22.7 Å².